The molecule has 128 valence electrons. The summed E-state index contributed by atoms with van der Waals surface area (Å²) in [4.78, 5) is 8.83. The molecule has 0 fully saturated rings. The number of hydrogen-bond acceptors (Lipinski definition) is 2. The van der Waals surface area contributed by atoms with Crippen molar-refractivity contribution in [2.45, 2.75) is 39.0 Å². The Morgan fingerprint density at radius 1 is 0.840 bits per heavy atom. The van der Waals surface area contributed by atoms with Crippen molar-refractivity contribution >= 4 is 0 Å². The van der Waals surface area contributed by atoms with Gasteiger partial charge in [0.2, 0.25) is 0 Å². The van der Waals surface area contributed by atoms with Gasteiger partial charge in [-0.25, -0.2) is 14.4 Å². The van der Waals surface area contributed by atoms with E-state index in [1.54, 1.807) is 6.07 Å². The Labute approximate surface area is 148 Å². The van der Waals surface area contributed by atoms with Crippen LogP contribution in [0, 0.1) is 5.82 Å². The highest BCUT2D eigenvalue weighted by Gasteiger charge is 2.09. The maximum absolute atomic E-state index is 14.5. The number of aryl methyl sites for hydroxylation is 1. The van der Waals surface area contributed by atoms with E-state index < -0.39 is 0 Å². The molecule has 2 aromatic carbocycles. The average Bonchev–Trinajstić information content (AvgIpc) is 2.66. The smallest absolute Gasteiger partial charge is 0.159 e. The van der Waals surface area contributed by atoms with Crippen LogP contribution in [0.3, 0.4) is 0 Å². The van der Waals surface area contributed by atoms with E-state index in [1.807, 2.05) is 48.8 Å². The third-order valence-electron chi connectivity index (χ3n) is 4.34. The van der Waals surface area contributed by atoms with E-state index in [9.17, 15) is 4.39 Å². The molecule has 3 rings (SSSR count). The fourth-order valence-corrected chi connectivity index (χ4v) is 2.89. The molecule has 0 atom stereocenters. The highest BCUT2D eigenvalue weighted by atomic mass is 19.1. The number of hydrogen-bond donors (Lipinski definition) is 0. The zero-order valence-corrected chi connectivity index (χ0v) is 14.6. The van der Waals surface area contributed by atoms with Crippen molar-refractivity contribution in [1.82, 2.24) is 9.97 Å². The number of aromatic nitrogens is 2. The Bertz CT molecular complexity index is 798. The summed E-state index contributed by atoms with van der Waals surface area (Å²) in [6, 6.07) is 14.7. The molecular weight excluding hydrogens is 311 g/mol. The summed E-state index contributed by atoms with van der Waals surface area (Å²) in [5, 5.41) is 0. The van der Waals surface area contributed by atoms with Crippen molar-refractivity contribution in [3.8, 4) is 22.5 Å². The second kappa shape index (κ2) is 8.52. The van der Waals surface area contributed by atoms with Gasteiger partial charge in [-0.3, -0.25) is 0 Å². The molecule has 0 unspecified atom stereocenters. The average molecular weight is 334 g/mol. The molecule has 3 heteroatoms. The van der Waals surface area contributed by atoms with E-state index in [2.05, 4.69) is 16.9 Å². The van der Waals surface area contributed by atoms with E-state index in [0.717, 1.165) is 24.0 Å². The Kier molecular flexibility index (Phi) is 5.89. The van der Waals surface area contributed by atoms with Crippen LogP contribution in [0.5, 0.6) is 0 Å². The summed E-state index contributed by atoms with van der Waals surface area (Å²) < 4.78 is 14.5. The van der Waals surface area contributed by atoms with E-state index in [4.69, 9.17) is 0 Å². The molecular formula is C22H23FN2. The maximum atomic E-state index is 14.5. The fraction of sp³-hybridized carbons (Fsp3) is 0.273. The Balaban J connectivity index is 1.73. The van der Waals surface area contributed by atoms with Gasteiger partial charge in [0.25, 0.3) is 0 Å². The summed E-state index contributed by atoms with van der Waals surface area (Å²) in [7, 11) is 0. The molecule has 0 radical (unpaired) electrons. The Hall–Kier alpha value is -2.55. The monoisotopic (exact) mass is 334 g/mol. The number of halogens is 1. The lowest BCUT2D eigenvalue weighted by molar-refractivity contribution is 0.631. The minimum atomic E-state index is -0.254. The second-order valence-electron chi connectivity index (χ2n) is 6.29. The molecule has 0 aliphatic carbocycles. The topological polar surface area (TPSA) is 25.8 Å². The zero-order chi connectivity index (χ0) is 17.5. The second-order valence-corrected chi connectivity index (χ2v) is 6.29. The molecule has 0 bridgehead atoms. The van der Waals surface area contributed by atoms with Crippen LogP contribution in [-0.2, 0) is 6.42 Å². The lowest BCUT2D eigenvalue weighted by Crippen LogP contribution is -1.94. The summed E-state index contributed by atoms with van der Waals surface area (Å²) in [5.74, 6) is 0.312. The summed E-state index contributed by atoms with van der Waals surface area (Å²) >= 11 is 0. The standard InChI is InChI=1S/C22H23FN2/c1-2-3-4-6-9-17-15-24-22(25-16-17)19-12-13-20(21(23)14-19)18-10-7-5-8-11-18/h5,7-8,10-16H,2-4,6,9H2,1H3. The van der Waals surface area contributed by atoms with Crippen LogP contribution in [0.25, 0.3) is 22.5 Å². The molecule has 0 amide bonds. The number of rotatable bonds is 7. The Morgan fingerprint density at radius 2 is 1.60 bits per heavy atom. The van der Waals surface area contributed by atoms with Gasteiger partial charge in [0, 0.05) is 23.5 Å². The first kappa shape index (κ1) is 17.3. The van der Waals surface area contributed by atoms with E-state index in [1.165, 1.54) is 25.3 Å². The molecule has 25 heavy (non-hydrogen) atoms. The third kappa shape index (κ3) is 4.50. The molecule has 0 spiro atoms. The van der Waals surface area contributed by atoms with Crippen LogP contribution < -0.4 is 0 Å². The van der Waals surface area contributed by atoms with E-state index in [0.29, 0.717) is 17.0 Å². The number of benzene rings is 2. The van der Waals surface area contributed by atoms with Crippen molar-refractivity contribution in [2.24, 2.45) is 0 Å². The van der Waals surface area contributed by atoms with Crippen LogP contribution in [0.15, 0.2) is 60.9 Å². The molecule has 0 aliphatic rings. The van der Waals surface area contributed by atoms with E-state index >= 15 is 0 Å². The largest absolute Gasteiger partial charge is 0.236 e. The number of unbranched alkanes of at least 4 members (excludes halogenated alkanes) is 3. The molecule has 0 saturated heterocycles. The molecule has 3 aromatic rings. The molecule has 0 saturated carbocycles. The quantitative estimate of drug-likeness (QED) is 0.490. The zero-order valence-electron chi connectivity index (χ0n) is 14.6. The predicted octanol–water partition coefficient (Wildman–Crippen LogP) is 6.07. The van der Waals surface area contributed by atoms with Crippen molar-refractivity contribution in [3.63, 3.8) is 0 Å². The first-order valence-electron chi connectivity index (χ1n) is 8.94. The normalized spacial score (nSPS) is 10.8. The molecule has 2 nitrogen and oxygen atoms in total. The minimum absolute atomic E-state index is 0.254. The van der Waals surface area contributed by atoms with Crippen molar-refractivity contribution in [2.75, 3.05) is 0 Å². The highest BCUT2D eigenvalue weighted by Crippen LogP contribution is 2.26. The fourth-order valence-electron chi connectivity index (χ4n) is 2.89. The van der Waals surface area contributed by atoms with Gasteiger partial charge in [0.05, 0.1) is 0 Å². The molecule has 0 aliphatic heterocycles. The van der Waals surface area contributed by atoms with Gasteiger partial charge in [-0.2, -0.15) is 0 Å². The maximum Gasteiger partial charge on any atom is 0.159 e. The van der Waals surface area contributed by atoms with Crippen molar-refractivity contribution in [1.29, 1.82) is 0 Å². The lowest BCUT2D eigenvalue weighted by Gasteiger charge is -2.07. The van der Waals surface area contributed by atoms with Gasteiger partial charge in [-0.15, -0.1) is 0 Å². The molecule has 1 aromatic heterocycles. The van der Waals surface area contributed by atoms with Gasteiger partial charge in [-0.05, 0) is 30.0 Å². The predicted molar refractivity (Wildman–Crippen MR) is 101 cm³/mol. The molecule has 0 N–H and O–H groups in total. The van der Waals surface area contributed by atoms with Gasteiger partial charge < -0.3 is 0 Å². The van der Waals surface area contributed by atoms with Gasteiger partial charge in [-0.1, -0.05) is 68.7 Å². The van der Waals surface area contributed by atoms with Gasteiger partial charge in [0.15, 0.2) is 5.82 Å². The van der Waals surface area contributed by atoms with Crippen molar-refractivity contribution < 1.29 is 4.39 Å². The minimum Gasteiger partial charge on any atom is -0.236 e. The van der Waals surface area contributed by atoms with Crippen LogP contribution in [0.2, 0.25) is 0 Å². The lowest BCUT2D eigenvalue weighted by atomic mass is 10.0. The summed E-state index contributed by atoms with van der Waals surface area (Å²) in [6.07, 6.45) is 9.63. The first-order chi connectivity index (χ1) is 12.3. The summed E-state index contributed by atoms with van der Waals surface area (Å²) in [5.41, 5.74) is 3.31. The summed E-state index contributed by atoms with van der Waals surface area (Å²) in [6.45, 7) is 2.21. The van der Waals surface area contributed by atoms with Crippen molar-refractivity contribution in [3.05, 3.63) is 72.3 Å². The van der Waals surface area contributed by atoms with Crippen LogP contribution in [0.4, 0.5) is 4.39 Å². The van der Waals surface area contributed by atoms with Crippen LogP contribution in [0.1, 0.15) is 38.2 Å². The van der Waals surface area contributed by atoms with Gasteiger partial charge in [0.1, 0.15) is 5.82 Å². The highest BCUT2D eigenvalue weighted by molar-refractivity contribution is 5.68. The van der Waals surface area contributed by atoms with E-state index in [-0.39, 0.29) is 5.82 Å². The Morgan fingerprint density at radius 3 is 2.28 bits per heavy atom. The SMILES string of the molecule is CCCCCCc1cnc(-c2ccc(-c3ccccc3)c(F)c2)nc1. The number of nitrogens with zero attached hydrogens (tertiary/aromatic N) is 2. The molecule has 1 heterocycles. The van der Waals surface area contributed by atoms with Crippen LogP contribution >= 0.6 is 0 Å². The van der Waals surface area contributed by atoms with Crippen LogP contribution in [-0.4, -0.2) is 9.97 Å². The van der Waals surface area contributed by atoms with Gasteiger partial charge >= 0.3 is 0 Å². The first-order valence-corrected chi connectivity index (χ1v) is 8.94. The third-order valence-corrected chi connectivity index (χ3v) is 4.34.